The van der Waals surface area contributed by atoms with Crippen LogP contribution >= 0.6 is 0 Å². The van der Waals surface area contributed by atoms with E-state index in [9.17, 15) is 18.0 Å². The zero-order valence-corrected chi connectivity index (χ0v) is 8.34. The molecule has 0 fully saturated rings. The Kier molecular flexibility index (Phi) is 3.38. The van der Waals surface area contributed by atoms with Gasteiger partial charge in [-0.3, -0.25) is 4.79 Å². The number of carbonyl (C=O) groups excluding carboxylic acids is 1. The van der Waals surface area contributed by atoms with Crippen molar-refractivity contribution >= 4 is 5.91 Å². The summed E-state index contributed by atoms with van der Waals surface area (Å²) in [6, 6.07) is -0.661. The second kappa shape index (κ2) is 4.22. The molecule has 0 spiro atoms. The lowest BCUT2D eigenvalue weighted by Crippen LogP contribution is -2.44. The van der Waals surface area contributed by atoms with E-state index in [1.807, 2.05) is 0 Å². The first-order valence-corrected chi connectivity index (χ1v) is 4.63. The van der Waals surface area contributed by atoms with E-state index < -0.39 is 17.8 Å². The lowest BCUT2D eigenvalue weighted by molar-refractivity contribution is -0.133. The predicted molar refractivity (Wildman–Crippen MR) is 49.0 cm³/mol. The van der Waals surface area contributed by atoms with Crippen LogP contribution in [0.25, 0.3) is 0 Å². The lowest BCUT2D eigenvalue weighted by Gasteiger charge is -2.28. The molecule has 1 heterocycles. The van der Waals surface area contributed by atoms with Crippen molar-refractivity contribution in [2.45, 2.75) is 25.6 Å². The first kappa shape index (κ1) is 12.0. The van der Waals surface area contributed by atoms with Gasteiger partial charge in [0.05, 0.1) is 6.04 Å². The van der Waals surface area contributed by atoms with E-state index in [1.54, 1.807) is 0 Å². The molecule has 0 saturated carbocycles. The summed E-state index contributed by atoms with van der Waals surface area (Å²) in [4.78, 5) is 12.7. The molecule has 2 N–H and O–H groups in total. The Hall–Kier alpha value is -1.04. The largest absolute Gasteiger partial charge is 0.412 e. The quantitative estimate of drug-likeness (QED) is 0.674. The monoisotopic (exact) mass is 222 g/mol. The third-order valence-electron chi connectivity index (χ3n) is 2.27. The minimum Gasteiger partial charge on any atom is -0.337 e. The van der Waals surface area contributed by atoms with E-state index >= 15 is 0 Å². The molecule has 1 amide bonds. The zero-order chi connectivity index (χ0) is 11.6. The molecule has 1 rings (SSSR count). The summed E-state index contributed by atoms with van der Waals surface area (Å²) in [6.07, 6.45) is -3.38. The van der Waals surface area contributed by atoms with Gasteiger partial charge in [0.2, 0.25) is 5.91 Å². The number of amides is 1. The molecular weight excluding hydrogens is 209 g/mol. The fraction of sp³-hybridized carbons (Fsp3) is 0.667. The summed E-state index contributed by atoms with van der Waals surface area (Å²) in [7, 11) is 0. The van der Waals surface area contributed by atoms with E-state index in [1.165, 1.54) is 11.8 Å². The Labute approximate surface area is 85.7 Å². The molecule has 15 heavy (non-hydrogen) atoms. The third kappa shape index (κ3) is 2.95. The van der Waals surface area contributed by atoms with Gasteiger partial charge in [0.25, 0.3) is 0 Å². The van der Waals surface area contributed by atoms with Crippen LogP contribution in [0.3, 0.4) is 0 Å². The Morgan fingerprint density at radius 3 is 2.53 bits per heavy atom. The molecule has 3 nitrogen and oxygen atoms in total. The first-order chi connectivity index (χ1) is 6.82. The summed E-state index contributed by atoms with van der Waals surface area (Å²) < 4.78 is 36.7. The summed E-state index contributed by atoms with van der Waals surface area (Å²) in [6.45, 7) is 1.60. The van der Waals surface area contributed by atoms with E-state index in [0.717, 1.165) is 6.08 Å². The molecular formula is C9H13F3N2O. The van der Waals surface area contributed by atoms with Crippen LogP contribution in [0.1, 0.15) is 13.3 Å². The van der Waals surface area contributed by atoms with Crippen molar-refractivity contribution in [1.29, 1.82) is 0 Å². The Balaban J connectivity index is 2.62. The van der Waals surface area contributed by atoms with Crippen molar-refractivity contribution in [2.75, 3.05) is 13.1 Å². The molecule has 0 saturated heterocycles. The number of nitrogens with zero attached hydrogens (tertiary/aromatic N) is 1. The molecule has 1 aliphatic heterocycles. The maximum Gasteiger partial charge on any atom is 0.412 e. The van der Waals surface area contributed by atoms with Crippen molar-refractivity contribution in [1.82, 2.24) is 4.90 Å². The maximum atomic E-state index is 12.2. The fourth-order valence-electron chi connectivity index (χ4n) is 1.41. The normalized spacial score (nSPS) is 19.8. The van der Waals surface area contributed by atoms with E-state index in [0.29, 0.717) is 0 Å². The van der Waals surface area contributed by atoms with Crippen LogP contribution in [0, 0.1) is 0 Å². The van der Waals surface area contributed by atoms with Gasteiger partial charge in [-0.15, -0.1) is 0 Å². The minimum absolute atomic E-state index is 0.00475. The molecule has 0 radical (unpaired) electrons. The molecule has 0 aliphatic carbocycles. The Bertz CT molecular complexity index is 284. The van der Waals surface area contributed by atoms with Crippen molar-refractivity contribution < 1.29 is 18.0 Å². The number of halogens is 3. The van der Waals surface area contributed by atoms with E-state index in [-0.39, 0.29) is 25.4 Å². The van der Waals surface area contributed by atoms with Gasteiger partial charge in [0.1, 0.15) is 0 Å². The number of carbonyl (C=O) groups is 1. The van der Waals surface area contributed by atoms with Crippen LogP contribution in [0.4, 0.5) is 13.2 Å². The van der Waals surface area contributed by atoms with Gasteiger partial charge < -0.3 is 10.6 Å². The van der Waals surface area contributed by atoms with Crippen LogP contribution in [0.2, 0.25) is 0 Å². The summed E-state index contributed by atoms with van der Waals surface area (Å²) in [5.41, 5.74) is 4.79. The highest BCUT2D eigenvalue weighted by Gasteiger charge is 2.35. The number of alkyl halides is 3. The van der Waals surface area contributed by atoms with E-state index in [2.05, 4.69) is 0 Å². The predicted octanol–water partition coefficient (Wildman–Crippen LogP) is 1.05. The van der Waals surface area contributed by atoms with Crippen molar-refractivity contribution in [3.8, 4) is 0 Å². The van der Waals surface area contributed by atoms with Gasteiger partial charge in [0, 0.05) is 18.7 Å². The summed E-state index contributed by atoms with van der Waals surface area (Å²) >= 11 is 0. The molecule has 0 aromatic rings. The average Bonchev–Trinajstić information content (AvgIpc) is 2.15. The number of hydrogen-bond donors (Lipinski definition) is 1. The number of nitrogens with two attached hydrogens (primary N) is 1. The van der Waals surface area contributed by atoms with Gasteiger partial charge >= 0.3 is 6.18 Å². The molecule has 1 aliphatic rings. The molecule has 0 bridgehead atoms. The van der Waals surface area contributed by atoms with Crippen LogP contribution < -0.4 is 5.73 Å². The van der Waals surface area contributed by atoms with Gasteiger partial charge in [-0.05, 0) is 13.3 Å². The number of rotatable bonds is 1. The van der Waals surface area contributed by atoms with Gasteiger partial charge in [-0.1, -0.05) is 6.08 Å². The van der Waals surface area contributed by atoms with Crippen LogP contribution in [0.15, 0.2) is 11.6 Å². The average molecular weight is 222 g/mol. The lowest BCUT2D eigenvalue weighted by atomic mass is 10.1. The van der Waals surface area contributed by atoms with Gasteiger partial charge in [0.15, 0.2) is 0 Å². The summed E-state index contributed by atoms with van der Waals surface area (Å²) in [5, 5.41) is 0. The second-order valence-corrected chi connectivity index (χ2v) is 3.55. The third-order valence-corrected chi connectivity index (χ3v) is 2.27. The van der Waals surface area contributed by atoms with Crippen LogP contribution in [-0.4, -0.2) is 36.1 Å². The molecule has 1 atom stereocenters. The smallest absolute Gasteiger partial charge is 0.337 e. The molecule has 86 valence electrons. The Morgan fingerprint density at radius 1 is 1.60 bits per heavy atom. The minimum atomic E-state index is -4.27. The van der Waals surface area contributed by atoms with Crippen LogP contribution in [0.5, 0.6) is 0 Å². The highest BCUT2D eigenvalue weighted by molar-refractivity contribution is 5.81. The van der Waals surface area contributed by atoms with Crippen LogP contribution in [-0.2, 0) is 4.79 Å². The Morgan fingerprint density at radius 2 is 2.20 bits per heavy atom. The number of hydrogen-bond acceptors (Lipinski definition) is 2. The van der Waals surface area contributed by atoms with Gasteiger partial charge in [-0.2, -0.15) is 13.2 Å². The van der Waals surface area contributed by atoms with Crippen molar-refractivity contribution in [3.63, 3.8) is 0 Å². The highest BCUT2D eigenvalue weighted by atomic mass is 19.4. The van der Waals surface area contributed by atoms with Gasteiger partial charge in [-0.25, -0.2) is 0 Å². The standard InChI is InChI=1S/C9H13F3N2O/c1-6(13)8(15)14-4-2-7(3-5-14)9(10,11)12/h2,6H,3-5,13H2,1H3. The molecule has 0 aromatic carbocycles. The van der Waals surface area contributed by atoms with Crippen molar-refractivity contribution in [2.24, 2.45) is 5.73 Å². The fourth-order valence-corrected chi connectivity index (χ4v) is 1.41. The maximum absolute atomic E-state index is 12.2. The zero-order valence-electron chi connectivity index (χ0n) is 8.34. The van der Waals surface area contributed by atoms with E-state index in [4.69, 9.17) is 5.73 Å². The molecule has 1 unspecified atom stereocenters. The topological polar surface area (TPSA) is 46.3 Å². The first-order valence-electron chi connectivity index (χ1n) is 4.63. The SMILES string of the molecule is CC(N)C(=O)N1CC=C(C(F)(F)F)CC1. The molecule has 0 aromatic heterocycles. The van der Waals surface area contributed by atoms with Crippen molar-refractivity contribution in [3.05, 3.63) is 11.6 Å². The molecule has 6 heteroatoms. The summed E-state index contributed by atoms with van der Waals surface area (Å²) in [5.74, 6) is -0.313. The second-order valence-electron chi connectivity index (χ2n) is 3.55. The highest BCUT2D eigenvalue weighted by Crippen LogP contribution is 2.30.